The van der Waals surface area contributed by atoms with Crippen LogP contribution in [0.2, 0.25) is 0 Å². The summed E-state index contributed by atoms with van der Waals surface area (Å²) < 4.78 is 16.2. The number of carbonyl (C=O) groups excluding carboxylic acids is 1. The van der Waals surface area contributed by atoms with Gasteiger partial charge in [0.05, 0.1) is 12.8 Å². The van der Waals surface area contributed by atoms with E-state index >= 15 is 0 Å². The number of methoxy groups -OCH3 is 1. The highest BCUT2D eigenvalue weighted by molar-refractivity contribution is 5.90. The van der Waals surface area contributed by atoms with Gasteiger partial charge in [-0.25, -0.2) is 4.79 Å². The molecule has 0 fully saturated rings. The van der Waals surface area contributed by atoms with Gasteiger partial charge in [0.1, 0.15) is 23.7 Å². The van der Waals surface area contributed by atoms with Crippen molar-refractivity contribution in [1.29, 1.82) is 0 Å². The lowest BCUT2D eigenvalue weighted by molar-refractivity contribution is -0.114. The number of nitrogens with one attached hydrogen (secondary N) is 1. The monoisotopic (exact) mass is 339 g/mol. The Morgan fingerprint density at radius 3 is 2.72 bits per heavy atom. The molecule has 0 bridgehead atoms. The van der Waals surface area contributed by atoms with Gasteiger partial charge in [-0.3, -0.25) is 4.79 Å². The van der Waals surface area contributed by atoms with Crippen LogP contribution >= 0.6 is 0 Å². The SMILES string of the molecule is COc1ccc2c(COc3ccccc3NC(C)=O)cc(=O)oc2c1. The van der Waals surface area contributed by atoms with Crippen LogP contribution in [0, 0.1) is 0 Å². The molecule has 3 aromatic rings. The molecule has 0 unspecified atom stereocenters. The smallest absolute Gasteiger partial charge is 0.336 e. The molecule has 0 radical (unpaired) electrons. The van der Waals surface area contributed by atoms with Crippen molar-refractivity contribution in [1.82, 2.24) is 0 Å². The summed E-state index contributed by atoms with van der Waals surface area (Å²) in [6, 6.07) is 13.8. The van der Waals surface area contributed by atoms with Crippen LogP contribution in [0.25, 0.3) is 11.0 Å². The largest absolute Gasteiger partial charge is 0.497 e. The summed E-state index contributed by atoms with van der Waals surface area (Å²) in [5, 5.41) is 3.47. The van der Waals surface area contributed by atoms with E-state index in [0.717, 1.165) is 5.39 Å². The van der Waals surface area contributed by atoms with Crippen LogP contribution in [-0.4, -0.2) is 13.0 Å². The molecule has 6 nitrogen and oxygen atoms in total. The van der Waals surface area contributed by atoms with Crippen molar-refractivity contribution in [2.24, 2.45) is 0 Å². The third kappa shape index (κ3) is 3.80. The fourth-order valence-corrected chi connectivity index (χ4v) is 2.50. The molecule has 0 saturated heterocycles. The van der Waals surface area contributed by atoms with Crippen molar-refractivity contribution >= 4 is 22.6 Å². The highest BCUT2D eigenvalue weighted by atomic mass is 16.5. The van der Waals surface area contributed by atoms with Crippen molar-refractivity contribution in [3.05, 3.63) is 64.5 Å². The average molecular weight is 339 g/mol. The van der Waals surface area contributed by atoms with E-state index in [1.165, 1.54) is 13.0 Å². The Bertz CT molecular complexity index is 977. The van der Waals surface area contributed by atoms with Crippen LogP contribution in [0.5, 0.6) is 11.5 Å². The van der Waals surface area contributed by atoms with E-state index in [2.05, 4.69) is 5.32 Å². The second-order valence-corrected chi connectivity index (χ2v) is 5.42. The molecule has 0 aliphatic rings. The Kier molecular flexibility index (Phi) is 4.70. The third-order valence-electron chi connectivity index (χ3n) is 3.62. The van der Waals surface area contributed by atoms with E-state index < -0.39 is 5.63 Å². The lowest BCUT2D eigenvalue weighted by Crippen LogP contribution is -2.08. The third-order valence-corrected chi connectivity index (χ3v) is 3.62. The van der Waals surface area contributed by atoms with Crippen molar-refractivity contribution in [2.45, 2.75) is 13.5 Å². The molecule has 1 amide bonds. The molecule has 2 aromatic carbocycles. The van der Waals surface area contributed by atoms with Gasteiger partial charge < -0.3 is 19.2 Å². The molecule has 0 atom stereocenters. The maximum Gasteiger partial charge on any atom is 0.336 e. The van der Waals surface area contributed by atoms with Gasteiger partial charge in [-0.15, -0.1) is 0 Å². The first-order valence-electron chi connectivity index (χ1n) is 7.67. The highest BCUT2D eigenvalue weighted by Gasteiger charge is 2.10. The van der Waals surface area contributed by atoms with Crippen molar-refractivity contribution in [2.75, 3.05) is 12.4 Å². The van der Waals surface area contributed by atoms with E-state index in [0.29, 0.717) is 28.3 Å². The lowest BCUT2D eigenvalue weighted by Gasteiger charge is -2.12. The summed E-state index contributed by atoms with van der Waals surface area (Å²) in [7, 11) is 1.55. The molecule has 1 aromatic heterocycles. The van der Waals surface area contributed by atoms with Gasteiger partial charge in [-0.1, -0.05) is 12.1 Å². The van der Waals surface area contributed by atoms with E-state index in [4.69, 9.17) is 13.9 Å². The Labute approximate surface area is 144 Å². The highest BCUT2D eigenvalue weighted by Crippen LogP contribution is 2.27. The number of hydrogen-bond donors (Lipinski definition) is 1. The van der Waals surface area contributed by atoms with Gasteiger partial charge in [0.15, 0.2) is 0 Å². The number of rotatable bonds is 5. The molecule has 0 aliphatic carbocycles. The summed E-state index contributed by atoms with van der Waals surface area (Å²) in [6.07, 6.45) is 0. The first-order chi connectivity index (χ1) is 12.1. The summed E-state index contributed by atoms with van der Waals surface area (Å²) in [5.41, 5.74) is 1.23. The summed E-state index contributed by atoms with van der Waals surface area (Å²) in [4.78, 5) is 23.1. The normalized spacial score (nSPS) is 10.5. The predicted octanol–water partition coefficient (Wildman–Crippen LogP) is 3.34. The molecule has 1 N–H and O–H groups in total. The van der Waals surface area contributed by atoms with Crippen LogP contribution in [0.1, 0.15) is 12.5 Å². The second-order valence-electron chi connectivity index (χ2n) is 5.42. The van der Waals surface area contributed by atoms with Crippen molar-refractivity contribution in [3.8, 4) is 11.5 Å². The molecule has 0 aliphatic heterocycles. The predicted molar refractivity (Wildman–Crippen MR) is 94.1 cm³/mol. The maximum absolute atomic E-state index is 11.8. The number of para-hydroxylation sites is 2. The topological polar surface area (TPSA) is 77.8 Å². The van der Waals surface area contributed by atoms with Crippen LogP contribution in [0.4, 0.5) is 5.69 Å². The molecule has 3 rings (SSSR count). The number of carbonyl (C=O) groups is 1. The fraction of sp³-hybridized carbons (Fsp3) is 0.158. The van der Waals surface area contributed by atoms with Crippen molar-refractivity contribution < 1.29 is 18.7 Å². The Hall–Kier alpha value is -3.28. The van der Waals surface area contributed by atoms with Gasteiger partial charge in [0, 0.05) is 30.0 Å². The lowest BCUT2D eigenvalue weighted by atomic mass is 10.1. The van der Waals surface area contributed by atoms with Gasteiger partial charge in [-0.05, 0) is 24.3 Å². The minimum atomic E-state index is -0.463. The summed E-state index contributed by atoms with van der Waals surface area (Å²) in [5.74, 6) is 0.936. The number of hydrogen-bond acceptors (Lipinski definition) is 5. The number of ether oxygens (including phenoxy) is 2. The molecule has 1 heterocycles. The van der Waals surface area contributed by atoms with Gasteiger partial charge in [0.25, 0.3) is 0 Å². The molecule has 25 heavy (non-hydrogen) atoms. The van der Waals surface area contributed by atoms with E-state index in [1.54, 1.807) is 37.4 Å². The molecule has 0 saturated carbocycles. The van der Waals surface area contributed by atoms with Crippen molar-refractivity contribution in [3.63, 3.8) is 0 Å². The molecular weight excluding hydrogens is 322 g/mol. The van der Waals surface area contributed by atoms with Gasteiger partial charge in [-0.2, -0.15) is 0 Å². The molecule has 128 valence electrons. The number of amides is 1. The second kappa shape index (κ2) is 7.09. The van der Waals surface area contributed by atoms with Crippen LogP contribution in [-0.2, 0) is 11.4 Å². The molecule has 0 spiro atoms. The summed E-state index contributed by atoms with van der Waals surface area (Å²) >= 11 is 0. The molecular formula is C19H17NO5. The quantitative estimate of drug-likeness (QED) is 0.721. The van der Waals surface area contributed by atoms with Gasteiger partial charge >= 0.3 is 5.63 Å². The van der Waals surface area contributed by atoms with E-state index in [1.807, 2.05) is 12.1 Å². The Morgan fingerprint density at radius 2 is 1.96 bits per heavy atom. The summed E-state index contributed by atoms with van der Waals surface area (Å²) in [6.45, 7) is 1.59. The zero-order valence-electron chi connectivity index (χ0n) is 13.9. The Morgan fingerprint density at radius 1 is 1.16 bits per heavy atom. The van der Waals surface area contributed by atoms with Crippen LogP contribution in [0.3, 0.4) is 0 Å². The van der Waals surface area contributed by atoms with E-state index in [-0.39, 0.29) is 12.5 Å². The minimum Gasteiger partial charge on any atom is -0.497 e. The van der Waals surface area contributed by atoms with Crippen LogP contribution in [0.15, 0.2) is 57.7 Å². The molecule has 6 heteroatoms. The zero-order valence-corrected chi connectivity index (χ0v) is 13.9. The standard InChI is InChI=1S/C19H17NO5/c1-12(21)20-16-5-3-4-6-17(16)24-11-13-9-19(22)25-18-10-14(23-2)7-8-15(13)18/h3-10H,11H2,1-2H3,(H,20,21). The minimum absolute atomic E-state index is 0.158. The zero-order chi connectivity index (χ0) is 17.8. The fourth-order valence-electron chi connectivity index (χ4n) is 2.50. The first kappa shape index (κ1) is 16.6. The maximum atomic E-state index is 11.8. The van der Waals surface area contributed by atoms with E-state index in [9.17, 15) is 9.59 Å². The number of fused-ring (bicyclic) bond motifs is 1. The van der Waals surface area contributed by atoms with Crippen LogP contribution < -0.4 is 20.4 Å². The number of benzene rings is 2. The Balaban J connectivity index is 1.91. The van der Waals surface area contributed by atoms with Gasteiger partial charge in [0.2, 0.25) is 5.91 Å². The first-order valence-corrected chi connectivity index (χ1v) is 7.67. The average Bonchev–Trinajstić information content (AvgIpc) is 2.59. The number of anilines is 1.